The number of benzene rings is 1. The summed E-state index contributed by atoms with van der Waals surface area (Å²) in [5.74, 6) is 0.844. The summed E-state index contributed by atoms with van der Waals surface area (Å²) < 4.78 is 0. The van der Waals surface area contributed by atoms with Crippen LogP contribution in [0.25, 0.3) is 0 Å². The van der Waals surface area contributed by atoms with Gasteiger partial charge in [-0.25, -0.2) is 4.98 Å². The van der Waals surface area contributed by atoms with Crippen LogP contribution in [0.1, 0.15) is 49.7 Å². The number of pyridine rings is 1. The van der Waals surface area contributed by atoms with Crippen LogP contribution >= 0.6 is 0 Å². The average molecular weight is 311 g/mol. The highest BCUT2D eigenvalue weighted by Gasteiger charge is 2.08. The quantitative estimate of drug-likeness (QED) is 0.824. The number of amides is 1. The zero-order valence-electron chi connectivity index (χ0n) is 14.3. The lowest BCUT2D eigenvalue weighted by molar-refractivity contribution is 0.102. The van der Waals surface area contributed by atoms with E-state index in [0.29, 0.717) is 17.5 Å². The Balaban J connectivity index is 1.97. The number of rotatable bonds is 6. The molecule has 1 aromatic heterocycles. The summed E-state index contributed by atoms with van der Waals surface area (Å²) in [6, 6.07) is 11.5. The van der Waals surface area contributed by atoms with Crippen molar-refractivity contribution in [2.24, 2.45) is 5.92 Å². The van der Waals surface area contributed by atoms with E-state index < -0.39 is 0 Å². The topological polar surface area (TPSA) is 54.0 Å². The summed E-state index contributed by atoms with van der Waals surface area (Å²) in [6.45, 7) is 9.47. The molecular formula is C19H25N3O. The first-order valence-electron chi connectivity index (χ1n) is 8.07. The Kier molecular flexibility index (Phi) is 5.74. The second kappa shape index (κ2) is 7.77. The van der Waals surface area contributed by atoms with Crippen LogP contribution in [0.2, 0.25) is 0 Å². The third-order valence-corrected chi connectivity index (χ3v) is 3.55. The number of anilines is 2. The Bertz CT molecular complexity index is 631. The van der Waals surface area contributed by atoms with E-state index in [1.165, 1.54) is 5.56 Å². The normalized spacial score (nSPS) is 10.9. The van der Waals surface area contributed by atoms with Crippen molar-refractivity contribution in [2.75, 3.05) is 17.2 Å². The molecule has 1 amide bonds. The molecule has 1 heterocycles. The first kappa shape index (κ1) is 17.0. The molecule has 0 spiro atoms. The molecule has 2 N–H and O–H groups in total. The summed E-state index contributed by atoms with van der Waals surface area (Å²) >= 11 is 0. The minimum atomic E-state index is -0.197. The van der Waals surface area contributed by atoms with Gasteiger partial charge in [0, 0.05) is 12.2 Å². The molecule has 122 valence electrons. The van der Waals surface area contributed by atoms with Crippen molar-refractivity contribution in [3.63, 3.8) is 0 Å². The van der Waals surface area contributed by atoms with Crippen molar-refractivity contribution in [1.82, 2.24) is 4.98 Å². The zero-order valence-corrected chi connectivity index (χ0v) is 14.3. The van der Waals surface area contributed by atoms with Crippen molar-refractivity contribution in [3.05, 3.63) is 53.9 Å². The molecule has 0 aliphatic carbocycles. The maximum Gasteiger partial charge on any atom is 0.274 e. The summed E-state index contributed by atoms with van der Waals surface area (Å²) in [6.07, 6.45) is 1.69. The summed E-state index contributed by atoms with van der Waals surface area (Å²) in [7, 11) is 0. The number of carbonyl (C=O) groups excluding carboxylic acids is 1. The van der Waals surface area contributed by atoms with Gasteiger partial charge in [-0.3, -0.25) is 4.79 Å². The highest BCUT2D eigenvalue weighted by atomic mass is 16.1. The second-order valence-corrected chi connectivity index (χ2v) is 6.44. The van der Waals surface area contributed by atoms with Gasteiger partial charge in [-0.1, -0.05) is 39.8 Å². The van der Waals surface area contributed by atoms with Crippen LogP contribution in [0.15, 0.2) is 42.6 Å². The maximum absolute atomic E-state index is 12.2. The van der Waals surface area contributed by atoms with Crippen LogP contribution in [0.4, 0.5) is 11.4 Å². The number of aromatic nitrogens is 1. The summed E-state index contributed by atoms with van der Waals surface area (Å²) in [5, 5.41) is 6.15. The van der Waals surface area contributed by atoms with E-state index in [2.05, 4.69) is 43.3 Å². The predicted molar refractivity (Wildman–Crippen MR) is 96.0 cm³/mol. The molecule has 2 rings (SSSR count). The van der Waals surface area contributed by atoms with E-state index in [9.17, 15) is 4.79 Å². The molecule has 0 saturated heterocycles. The maximum atomic E-state index is 12.2. The Labute approximate surface area is 138 Å². The average Bonchev–Trinajstić information content (AvgIpc) is 2.54. The smallest absolute Gasteiger partial charge is 0.274 e. The zero-order chi connectivity index (χ0) is 16.8. The molecule has 2 aromatic rings. The molecular weight excluding hydrogens is 286 g/mol. The van der Waals surface area contributed by atoms with Crippen LogP contribution in [0, 0.1) is 5.92 Å². The monoisotopic (exact) mass is 311 g/mol. The van der Waals surface area contributed by atoms with Gasteiger partial charge in [0.05, 0.1) is 11.9 Å². The summed E-state index contributed by atoms with van der Waals surface area (Å²) in [4.78, 5) is 16.4. The lowest BCUT2D eigenvalue weighted by atomic mass is 10.0. The number of hydrogen-bond acceptors (Lipinski definition) is 3. The Morgan fingerprint density at radius 3 is 2.17 bits per heavy atom. The molecule has 0 unspecified atom stereocenters. The van der Waals surface area contributed by atoms with Gasteiger partial charge >= 0.3 is 0 Å². The molecule has 23 heavy (non-hydrogen) atoms. The van der Waals surface area contributed by atoms with Crippen LogP contribution in [-0.2, 0) is 0 Å². The first-order valence-corrected chi connectivity index (χ1v) is 8.07. The standard InChI is InChI=1S/C19H25N3O/c1-13(2)11-20-17-9-10-18(21-12-17)19(23)22-16-7-5-15(6-8-16)14(3)4/h5-10,12-14,20H,11H2,1-4H3,(H,22,23). The summed E-state index contributed by atoms with van der Waals surface area (Å²) in [5.41, 5.74) is 3.37. The molecule has 4 heteroatoms. The SMILES string of the molecule is CC(C)CNc1ccc(C(=O)Nc2ccc(C(C)C)cc2)nc1. The van der Waals surface area contributed by atoms with Crippen LogP contribution in [0.3, 0.4) is 0 Å². The predicted octanol–water partition coefficient (Wildman–Crippen LogP) is 4.53. The third-order valence-electron chi connectivity index (χ3n) is 3.55. The number of nitrogens with zero attached hydrogens (tertiary/aromatic N) is 1. The number of hydrogen-bond donors (Lipinski definition) is 2. The molecule has 1 aromatic carbocycles. The van der Waals surface area contributed by atoms with Gasteiger partial charge < -0.3 is 10.6 Å². The molecule has 0 saturated carbocycles. The van der Waals surface area contributed by atoms with Crippen molar-refractivity contribution in [2.45, 2.75) is 33.6 Å². The van der Waals surface area contributed by atoms with E-state index in [4.69, 9.17) is 0 Å². The molecule has 0 aliphatic heterocycles. The van der Waals surface area contributed by atoms with E-state index >= 15 is 0 Å². The van der Waals surface area contributed by atoms with Gasteiger partial charge in [-0.2, -0.15) is 0 Å². The van der Waals surface area contributed by atoms with E-state index in [-0.39, 0.29) is 5.91 Å². The molecule has 0 aliphatic rings. The van der Waals surface area contributed by atoms with E-state index in [1.54, 1.807) is 12.3 Å². The largest absolute Gasteiger partial charge is 0.384 e. The van der Waals surface area contributed by atoms with Gasteiger partial charge in [0.25, 0.3) is 5.91 Å². The van der Waals surface area contributed by atoms with Gasteiger partial charge in [-0.05, 0) is 41.7 Å². The van der Waals surface area contributed by atoms with Gasteiger partial charge in [-0.15, -0.1) is 0 Å². The molecule has 0 atom stereocenters. The number of carbonyl (C=O) groups is 1. The van der Waals surface area contributed by atoms with Gasteiger partial charge in [0.2, 0.25) is 0 Å². The second-order valence-electron chi connectivity index (χ2n) is 6.44. The first-order chi connectivity index (χ1) is 11.0. The van der Waals surface area contributed by atoms with Crippen LogP contribution < -0.4 is 10.6 Å². The molecule has 0 bridgehead atoms. The lowest BCUT2D eigenvalue weighted by Crippen LogP contribution is -2.14. The van der Waals surface area contributed by atoms with Crippen molar-refractivity contribution < 1.29 is 4.79 Å². The van der Waals surface area contributed by atoms with Crippen molar-refractivity contribution >= 4 is 17.3 Å². The van der Waals surface area contributed by atoms with Crippen LogP contribution in [0.5, 0.6) is 0 Å². The Morgan fingerprint density at radius 2 is 1.65 bits per heavy atom. The minimum absolute atomic E-state index is 0.197. The number of nitrogens with one attached hydrogen (secondary N) is 2. The van der Waals surface area contributed by atoms with Crippen molar-refractivity contribution in [3.8, 4) is 0 Å². The molecule has 0 radical (unpaired) electrons. The Morgan fingerprint density at radius 1 is 1.00 bits per heavy atom. The fourth-order valence-corrected chi connectivity index (χ4v) is 2.10. The Hall–Kier alpha value is -2.36. The third kappa shape index (κ3) is 5.09. The fourth-order valence-electron chi connectivity index (χ4n) is 2.10. The van der Waals surface area contributed by atoms with Gasteiger partial charge in [0.1, 0.15) is 5.69 Å². The van der Waals surface area contributed by atoms with Crippen molar-refractivity contribution in [1.29, 1.82) is 0 Å². The highest BCUT2D eigenvalue weighted by Crippen LogP contribution is 2.17. The molecule has 4 nitrogen and oxygen atoms in total. The van der Waals surface area contributed by atoms with Gasteiger partial charge in [0.15, 0.2) is 0 Å². The minimum Gasteiger partial charge on any atom is -0.384 e. The van der Waals surface area contributed by atoms with E-state index in [0.717, 1.165) is 17.9 Å². The lowest BCUT2D eigenvalue weighted by Gasteiger charge is -2.10. The van der Waals surface area contributed by atoms with Crippen LogP contribution in [-0.4, -0.2) is 17.4 Å². The van der Waals surface area contributed by atoms with E-state index in [1.807, 2.05) is 30.3 Å². The molecule has 0 fully saturated rings. The highest BCUT2D eigenvalue weighted by molar-refractivity contribution is 6.02. The fraction of sp³-hybridized carbons (Fsp3) is 0.368.